The smallest absolute Gasteiger partial charge is 0.326 e. The zero-order valence-corrected chi connectivity index (χ0v) is 9.32. The van der Waals surface area contributed by atoms with E-state index in [2.05, 4.69) is 5.32 Å². The van der Waals surface area contributed by atoms with Gasteiger partial charge < -0.3 is 16.2 Å². The number of carboxylic acid groups (broad SMARTS) is 1. The Morgan fingerprint density at radius 1 is 1.27 bits per heavy atom. The number of aliphatic carboxylic acids is 1. The van der Waals surface area contributed by atoms with E-state index in [9.17, 15) is 9.59 Å². The van der Waals surface area contributed by atoms with Crippen molar-refractivity contribution in [1.29, 1.82) is 0 Å². The Hall–Kier alpha value is -1.10. The average molecular weight is 216 g/mol. The van der Waals surface area contributed by atoms with Crippen molar-refractivity contribution in [3.8, 4) is 0 Å². The minimum absolute atomic E-state index is 0.377. The van der Waals surface area contributed by atoms with E-state index >= 15 is 0 Å². The summed E-state index contributed by atoms with van der Waals surface area (Å²) >= 11 is 0. The Morgan fingerprint density at radius 3 is 2.20 bits per heavy atom. The summed E-state index contributed by atoms with van der Waals surface area (Å²) in [7, 11) is 0. The van der Waals surface area contributed by atoms with E-state index in [1.807, 2.05) is 13.8 Å². The van der Waals surface area contributed by atoms with E-state index < -0.39 is 18.1 Å². The topological polar surface area (TPSA) is 92.4 Å². The van der Waals surface area contributed by atoms with Gasteiger partial charge in [-0.25, -0.2) is 4.79 Å². The first kappa shape index (κ1) is 13.9. The Kier molecular flexibility index (Phi) is 6.70. The molecule has 0 aliphatic carbocycles. The van der Waals surface area contributed by atoms with Crippen molar-refractivity contribution in [2.45, 2.75) is 51.6 Å². The van der Waals surface area contributed by atoms with E-state index in [4.69, 9.17) is 10.8 Å². The van der Waals surface area contributed by atoms with Gasteiger partial charge in [0.15, 0.2) is 0 Å². The zero-order chi connectivity index (χ0) is 11.8. The van der Waals surface area contributed by atoms with Crippen LogP contribution in [0, 0.1) is 0 Å². The fraction of sp³-hybridized carbons (Fsp3) is 0.800. The van der Waals surface area contributed by atoms with Crippen LogP contribution in [-0.4, -0.2) is 29.1 Å². The van der Waals surface area contributed by atoms with E-state index in [-0.39, 0.29) is 5.91 Å². The molecule has 0 aromatic rings. The first-order valence-corrected chi connectivity index (χ1v) is 5.31. The van der Waals surface area contributed by atoms with Crippen LogP contribution in [0.25, 0.3) is 0 Å². The van der Waals surface area contributed by atoms with Crippen LogP contribution < -0.4 is 11.1 Å². The summed E-state index contributed by atoms with van der Waals surface area (Å²) in [6.07, 6.45) is 2.52. The number of hydrogen-bond donors (Lipinski definition) is 3. The molecule has 0 bridgehead atoms. The molecule has 15 heavy (non-hydrogen) atoms. The number of amides is 1. The second-order valence-electron chi connectivity index (χ2n) is 3.58. The number of carbonyl (C=O) groups is 2. The molecular weight excluding hydrogens is 196 g/mol. The van der Waals surface area contributed by atoms with Gasteiger partial charge in [-0.1, -0.05) is 26.7 Å². The maximum atomic E-state index is 11.4. The van der Waals surface area contributed by atoms with Crippen molar-refractivity contribution in [3.63, 3.8) is 0 Å². The quantitative estimate of drug-likeness (QED) is 0.577. The lowest BCUT2D eigenvalue weighted by Gasteiger charge is -2.16. The Labute approximate surface area is 90.0 Å². The Morgan fingerprint density at radius 2 is 1.80 bits per heavy atom. The number of nitrogens with one attached hydrogen (secondary N) is 1. The Bertz CT molecular complexity index is 219. The molecule has 5 nitrogen and oxygen atoms in total. The van der Waals surface area contributed by atoms with Gasteiger partial charge in [0.2, 0.25) is 5.91 Å². The number of rotatable bonds is 7. The van der Waals surface area contributed by atoms with E-state index in [1.54, 1.807) is 0 Å². The summed E-state index contributed by atoms with van der Waals surface area (Å²) in [6.45, 7) is 3.79. The predicted octanol–water partition coefficient (Wildman–Crippen LogP) is 0.483. The molecule has 5 heteroatoms. The molecule has 0 spiro atoms. The van der Waals surface area contributed by atoms with Gasteiger partial charge in [0, 0.05) is 0 Å². The molecule has 1 unspecified atom stereocenters. The predicted molar refractivity (Wildman–Crippen MR) is 57.4 cm³/mol. The summed E-state index contributed by atoms with van der Waals surface area (Å²) in [5.74, 6) is -1.38. The maximum absolute atomic E-state index is 11.4. The second-order valence-corrected chi connectivity index (χ2v) is 3.58. The third-order valence-corrected chi connectivity index (χ3v) is 2.13. The van der Waals surface area contributed by atoms with Crippen LogP contribution in [0.5, 0.6) is 0 Å². The molecule has 0 rings (SSSR count). The number of carbonyl (C=O) groups excluding carboxylic acids is 1. The van der Waals surface area contributed by atoms with Crippen molar-refractivity contribution in [2.24, 2.45) is 5.73 Å². The summed E-state index contributed by atoms with van der Waals surface area (Å²) in [4.78, 5) is 22.2. The first-order chi connectivity index (χ1) is 7.02. The highest BCUT2D eigenvalue weighted by atomic mass is 16.4. The van der Waals surface area contributed by atoms with Crippen LogP contribution in [0.4, 0.5) is 0 Å². The van der Waals surface area contributed by atoms with Gasteiger partial charge in [0.25, 0.3) is 0 Å². The Balaban J connectivity index is 4.15. The van der Waals surface area contributed by atoms with Crippen molar-refractivity contribution >= 4 is 11.9 Å². The van der Waals surface area contributed by atoms with Crippen LogP contribution in [0.15, 0.2) is 0 Å². The number of nitrogens with two attached hydrogens (primary N) is 1. The highest BCUT2D eigenvalue weighted by Crippen LogP contribution is 1.99. The third-order valence-electron chi connectivity index (χ3n) is 2.13. The maximum Gasteiger partial charge on any atom is 0.326 e. The van der Waals surface area contributed by atoms with E-state index in [0.29, 0.717) is 19.3 Å². The van der Waals surface area contributed by atoms with Gasteiger partial charge in [-0.3, -0.25) is 4.79 Å². The monoisotopic (exact) mass is 216 g/mol. The van der Waals surface area contributed by atoms with Crippen molar-refractivity contribution in [2.75, 3.05) is 0 Å². The second kappa shape index (κ2) is 7.23. The minimum atomic E-state index is -1.01. The van der Waals surface area contributed by atoms with Gasteiger partial charge in [0.05, 0.1) is 6.04 Å². The van der Waals surface area contributed by atoms with Crippen LogP contribution in [0.2, 0.25) is 0 Å². The van der Waals surface area contributed by atoms with Gasteiger partial charge in [-0.15, -0.1) is 0 Å². The molecule has 2 atom stereocenters. The van der Waals surface area contributed by atoms with E-state index in [0.717, 1.165) is 6.42 Å². The molecule has 0 aliphatic rings. The first-order valence-electron chi connectivity index (χ1n) is 5.31. The summed E-state index contributed by atoms with van der Waals surface area (Å²) in [6, 6.07) is -1.42. The zero-order valence-electron chi connectivity index (χ0n) is 9.32. The van der Waals surface area contributed by atoms with Crippen molar-refractivity contribution in [3.05, 3.63) is 0 Å². The average Bonchev–Trinajstić information content (AvgIpc) is 2.17. The standard InChI is InChI=1S/C10H20N2O3/c1-3-5-7(11)9(13)12-8(6-4-2)10(14)15/h7-8H,3-6,11H2,1-2H3,(H,12,13)(H,14,15)/t7?,8-/m0/s1. The van der Waals surface area contributed by atoms with Gasteiger partial charge >= 0.3 is 5.97 Å². The number of hydrogen-bond acceptors (Lipinski definition) is 3. The lowest BCUT2D eigenvalue weighted by molar-refractivity contribution is -0.142. The largest absolute Gasteiger partial charge is 0.480 e. The molecule has 0 aromatic carbocycles. The summed E-state index contributed by atoms with van der Waals surface area (Å²) < 4.78 is 0. The summed E-state index contributed by atoms with van der Waals surface area (Å²) in [5, 5.41) is 11.2. The molecule has 0 radical (unpaired) electrons. The molecule has 0 saturated carbocycles. The highest BCUT2D eigenvalue weighted by Gasteiger charge is 2.21. The lowest BCUT2D eigenvalue weighted by Crippen LogP contribution is -2.48. The molecule has 0 heterocycles. The van der Waals surface area contributed by atoms with Crippen molar-refractivity contribution < 1.29 is 14.7 Å². The number of carboxylic acids is 1. The molecule has 0 fully saturated rings. The molecule has 0 saturated heterocycles. The molecule has 4 N–H and O–H groups in total. The van der Waals surface area contributed by atoms with E-state index in [1.165, 1.54) is 0 Å². The van der Waals surface area contributed by atoms with Gasteiger partial charge in [-0.2, -0.15) is 0 Å². The van der Waals surface area contributed by atoms with Crippen molar-refractivity contribution in [1.82, 2.24) is 5.32 Å². The lowest BCUT2D eigenvalue weighted by atomic mass is 10.1. The molecule has 0 aromatic heterocycles. The fourth-order valence-corrected chi connectivity index (χ4v) is 1.27. The van der Waals surface area contributed by atoms with Gasteiger partial charge in [-0.05, 0) is 12.8 Å². The van der Waals surface area contributed by atoms with Crippen LogP contribution >= 0.6 is 0 Å². The SMILES string of the molecule is CCCC(N)C(=O)N[C@@H](CCC)C(=O)O. The highest BCUT2D eigenvalue weighted by molar-refractivity contribution is 5.86. The molecule has 88 valence electrons. The minimum Gasteiger partial charge on any atom is -0.480 e. The fourth-order valence-electron chi connectivity index (χ4n) is 1.27. The summed E-state index contributed by atoms with van der Waals surface area (Å²) in [5.41, 5.74) is 5.57. The molecular formula is C10H20N2O3. The van der Waals surface area contributed by atoms with Crippen LogP contribution in [-0.2, 0) is 9.59 Å². The molecule has 1 amide bonds. The molecule has 0 aliphatic heterocycles. The third kappa shape index (κ3) is 5.37. The van der Waals surface area contributed by atoms with Crippen LogP contribution in [0.1, 0.15) is 39.5 Å². The van der Waals surface area contributed by atoms with Crippen LogP contribution in [0.3, 0.4) is 0 Å². The normalized spacial score (nSPS) is 14.3. The van der Waals surface area contributed by atoms with Gasteiger partial charge in [0.1, 0.15) is 6.04 Å².